The van der Waals surface area contributed by atoms with Gasteiger partial charge in [0.1, 0.15) is 11.4 Å². The Bertz CT molecular complexity index is 712. The summed E-state index contributed by atoms with van der Waals surface area (Å²) in [6, 6.07) is 9.40. The third-order valence-electron chi connectivity index (χ3n) is 4.43. The summed E-state index contributed by atoms with van der Waals surface area (Å²) < 4.78 is 5.31. The Balaban J connectivity index is 1.69. The van der Waals surface area contributed by atoms with Gasteiger partial charge < -0.3 is 15.4 Å². The fourth-order valence-electron chi connectivity index (χ4n) is 3.10. The molecule has 1 fully saturated rings. The van der Waals surface area contributed by atoms with E-state index in [0.717, 1.165) is 18.5 Å². The number of amides is 1. The van der Waals surface area contributed by atoms with Crippen molar-refractivity contribution < 1.29 is 9.53 Å². The molecule has 6 nitrogen and oxygen atoms in total. The minimum absolute atomic E-state index is 0.141. The van der Waals surface area contributed by atoms with Gasteiger partial charge in [-0.05, 0) is 31.0 Å². The van der Waals surface area contributed by atoms with E-state index in [2.05, 4.69) is 20.6 Å². The lowest BCUT2D eigenvalue weighted by molar-refractivity contribution is 0.0928. The Kier molecular flexibility index (Phi) is 5.82. The van der Waals surface area contributed by atoms with E-state index in [1.165, 1.54) is 25.7 Å². The van der Waals surface area contributed by atoms with Crippen molar-refractivity contribution in [1.82, 2.24) is 15.3 Å². The van der Waals surface area contributed by atoms with Crippen LogP contribution in [0.5, 0.6) is 5.75 Å². The highest BCUT2D eigenvalue weighted by molar-refractivity contribution is 5.92. The third kappa shape index (κ3) is 4.68. The Hall–Kier alpha value is -2.63. The number of methoxy groups -OCH3 is 1. The second kappa shape index (κ2) is 8.46. The molecule has 0 aliphatic heterocycles. The maximum atomic E-state index is 12.5. The van der Waals surface area contributed by atoms with Crippen molar-refractivity contribution in [1.29, 1.82) is 0 Å². The number of rotatable bonds is 5. The Morgan fingerprint density at radius 3 is 2.64 bits per heavy atom. The quantitative estimate of drug-likeness (QED) is 0.812. The zero-order chi connectivity index (χ0) is 17.5. The lowest BCUT2D eigenvalue weighted by atomic mass is 10.1. The van der Waals surface area contributed by atoms with Crippen LogP contribution in [0.25, 0.3) is 0 Å². The predicted molar refractivity (Wildman–Crippen MR) is 97.3 cm³/mol. The maximum absolute atomic E-state index is 12.5. The topological polar surface area (TPSA) is 76.1 Å². The molecule has 132 valence electrons. The van der Waals surface area contributed by atoms with E-state index in [1.54, 1.807) is 19.4 Å². The second-order valence-corrected chi connectivity index (χ2v) is 6.25. The van der Waals surface area contributed by atoms with Crippen LogP contribution < -0.4 is 15.4 Å². The zero-order valence-electron chi connectivity index (χ0n) is 14.5. The molecule has 0 spiro atoms. The molecule has 1 saturated carbocycles. The summed E-state index contributed by atoms with van der Waals surface area (Å²) in [6.45, 7) is 0. The molecule has 1 heterocycles. The maximum Gasteiger partial charge on any atom is 0.270 e. The minimum Gasteiger partial charge on any atom is -0.495 e. The van der Waals surface area contributed by atoms with Gasteiger partial charge in [-0.3, -0.25) is 4.79 Å². The first kappa shape index (κ1) is 17.2. The van der Waals surface area contributed by atoms with E-state index in [0.29, 0.717) is 17.4 Å². The van der Waals surface area contributed by atoms with E-state index in [1.807, 2.05) is 24.3 Å². The molecule has 3 rings (SSSR count). The van der Waals surface area contributed by atoms with Gasteiger partial charge >= 0.3 is 0 Å². The molecular formula is C19H24N4O2. The zero-order valence-corrected chi connectivity index (χ0v) is 14.5. The van der Waals surface area contributed by atoms with Gasteiger partial charge in [-0.2, -0.15) is 0 Å². The van der Waals surface area contributed by atoms with Crippen molar-refractivity contribution in [3.8, 4) is 5.75 Å². The Labute approximate surface area is 148 Å². The average Bonchev–Trinajstić information content (AvgIpc) is 2.91. The Morgan fingerprint density at radius 2 is 1.88 bits per heavy atom. The minimum atomic E-state index is -0.141. The molecule has 1 aliphatic carbocycles. The number of hydrogen-bond donors (Lipinski definition) is 2. The number of para-hydroxylation sites is 2. The fourth-order valence-corrected chi connectivity index (χ4v) is 3.10. The molecule has 6 heteroatoms. The lowest BCUT2D eigenvalue weighted by Gasteiger charge is -2.16. The summed E-state index contributed by atoms with van der Waals surface area (Å²) in [4.78, 5) is 21.0. The van der Waals surface area contributed by atoms with Crippen LogP contribution in [0.15, 0.2) is 36.5 Å². The summed E-state index contributed by atoms with van der Waals surface area (Å²) >= 11 is 0. The summed E-state index contributed by atoms with van der Waals surface area (Å²) in [5, 5.41) is 6.21. The molecule has 1 amide bonds. The van der Waals surface area contributed by atoms with E-state index < -0.39 is 0 Å². The first-order valence-electron chi connectivity index (χ1n) is 8.80. The molecule has 25 heavy (non-hydrogen) atoms. The highest BCUT2D eigenvalue weighted by Crippen LogP contribution is 2.25. The van der Waals surface area contributed by atoms with E-state index >= 15 is 0 Å². The molecule has 0 saturated heterocycles. The standard InChI is InChI=1S/C19H24N4O2/c1-25-17-11-7-6-10-15(17)22-19-20-13-12-16(23-19)18(24)21-14-8-4-2-3-5-9-14/h6-7,10-14H,2-5,8-9H2,1H3,(H,21,24)(H,20,22,23). The van der Waals surface area contributed by atoms with Crippen molar-refractivity contribution in [2.45, 2.75) is 44.6 Å². The monoisotopic (exact) mass is 340 g/mol. The van der Waals surface area contributed by atoms with Gasteiger partial charge in [0.15, 0.2) is 0 Å². The van der Waals surface area contributed by atoms with Crippen molar-refractivity contribution in [2.75, 3.05) is 12.4 Å². The van der Waals surface area contributed by atoms with E-state index in [9.17, 15) is 4.79 Å². The number of hydrogen-bond acceptors (Lipinski definition) is 5. The SMILES string of the molecule is COc1ccccc1Nc1nccc(C(=O)NC2CCCCCC2)n1. The number of benzene rings is 1. The van der Waals surface area contributed by atoms with Crippen LogP contribution in [-0.4, -0.2) is 29.0 Å². The highest BCUT2D eigenvalue weighted by Gasteiger charge is 2.17. The van der Waals surface area contributed by atoms with Crippen LogP contribution in [0.1, 0.15) is 49.0 Å². The van der Waals surface area contributed by atoms with E-state index in [-0.39, 0.29) is 11.9 Å². The van der Waals surface area contributed by atoms with Gasteiger partial charge in [0.05, 0.1) is 12.8 Å². The van der Waals surface area contributed by atoms with Crippen molar-refractivity contribution >= 4 is 17.5 Å². The number of nitrogens with zero attached hydrogens (tertiary/aromatic N) is 2. The summed E-state index contributed by atoms with van der Waals surface area (Å²) in [7, 11) is 1.61. The second-order valence-electron chi connectivity index (χ2n) is 6.25. The molecule has 0 unspecified atom stereocenters. The summed E-state index contributed by atoms with van der Waals surface area (Å²) in [5.41, 5.74) is 1.13. The lowest BCUT2D eigenvalue weighted by Crippen LogP contribution is -2.35. The largest absolute Gasteiger partial charge is 0.495 e. The molecule has 0 atom stereocenters. The molecule has 2 N–H and O–H groups in total. The normalized spacial score (nSPS) is 15.2. The smallest absolute Gasteiger partial charge is 0.270 e. The van der Waals surface area contributed by atoms with Crippen molar-refractivity contribution in [3.05, 3.63) is 42.2 Å². The van der Waals surface area contributed by atoms with Crippen LogP contribution in [0, 0.1) is 0 Å². The van der Waals surface area contributed by atoms with Gasteiger partial charge in [-0.1, -0.05) is 37.8 Å². The number of carbonyl (C=O) groups excluding carboxylic acids is 1. The molecule has 1 aromatic carbocycles. The van der Waals surface area contributed by atoms with Gasteiger partial charge in [0.25, 0.3) is 5.91 Å². The van der Waals surface area contributed by atoms with Crippen LogP contribution >= 0.6 is 0 Å². The number of aromatic nitrogens is 2. The van der Waals surface area contributed by atoms with Crippen molar-refractivity contribution in [2.24, 2.45) is 0 Å². The van der Waals surface area contributed by atoms with Gasteiger partial charge in [-0.25, -0.2) is 9.97 Å². The Morgan fingerprint density at radius 1 is 1.12 bits per heavy atom. The summed E-state index contributed by atoms with van der Waals surface area (Å²) in [6.07, 6.45) is 8.55. The molecule has 0 radical (unpaired) electrons. The number of carbonyl (C=O) groups is 1. The van der Waals surface area contributed by atoms with Crippen molar-refractivity contribution in [3.63, 3.8) is 0 Å². The van der Waals surface area contributed by atoms with Crippen LogP contribution in [0.2, 0.25) is 0 Å². The molecule has 2 aromatic rings. The first-order chi connectivity index (χ1) is 12.3. The number of nitrogens with one attached hydrogen (secondary N) is 2. The summed E-state index contributed by atoms with van der Waals surface area (Å²) in [5.74, 6) is 0.926. The van der Waals surface area contributed by atoms with Gasteiger partial charge in [0.2, 0.25) is 5.95 Å². The van der Waals surface area contributed by atoms with E-state index in [4.69, 9.17) is 4.74 Å². The predicted octanol–water partition coefficient (Wildman–Crippen LogP) is 3.68. The number of ether oxygens (including phenoxy) is 1. The van der Waals surface area contributed by atoms with Crippen LogP contribution in [-0.2, 0) is 0 Å². The van der Waals surface area contributed by atoms with Crippen LogP contribution in [0.3, 0.4) is 0 Å². The average molecular weight is 340 g/mol. The molecular weight excluding hydrogens is 316 g/mol. The highest BCUT2D eigenvalue weighted by atomic mass is 16.5. The van der Waals surface area contributed by atoms with Crippen LogP contribution in [0.4, 0.5) is 11.6 Å². The number of anilines is 2. The van der Waals surface area contributed by atoms with Gasteiger partial charge in [-0.15, -0.1) is 0 Å². The molecule has 1 aromatic heterocycles. The molecule has 1 aliphatic rings. The van der Waals surface area contributed by atoms with Gasteiger partial charge in [0, 0.05) is 12.2 Å². The third-order valence-corrected chi connectivity index (χ3v) is 4.43. The fraction of sp³-hybridized carbons (Fsp3) is 0.421. The molecule has 0 bridgehead atoms. The first-order valence-corrected chi connectivity index (χ1v) is 8.80.